The predicted octanol–water partition coefficient (Wildman–Crippen LogP) is 5.56. The molecule has 0 aliphatic heterocycles. The Morgan fingerprint density at radius 1 is 0.283 bits per heavy atom. The fourth-order valence-electron chi connectivity index (χ4n) is 5.99. The molecule has 0 saturated heterocycles. The second-order valence-electron chi connectivity index (χ2n) is 13.6. The van der Waals surface area contributed by atoms with E-state index in [2.05, 4.69) is 13.8 Å². The van der Waals surface area contributed by atoms with Crippen molar-refractivity contribution < 1.29 is 123 Å². The minimum atomic E-state index is -0.902. The Labute approximate surface area is 374 Å². The van der Waals surface area contributed by atoms with E-state index in [1.54, 1.807) is 0 Å². The number of unbranched alkanes of at least 4 members (excludes halogenated alkanes) is 32. The van der Waals surface area contributed by atoms with Crippen molar-refractivity contribution in [3.05, 3.63) is 0 Å². The molecule has 0 aromatic rings. The number of carbonyl (C=O) groups excluding carboxylic acids is 2. The molecule has 46 heavy (non-hydrogen) atoms. The molecule has 0 N–H and O–H groups in total. The Balaban J connectivity index is -0.000000367. The first-order chi connectivity index (χ1) is 21.5. The molecular formula is C40H78K2O4. The molecule has 0 spiro atoms. The van der Waals surface area contributed by atoms with Crippen LogP contribution in [0, 0.1) is 0 Å². The molecule has 6 heteroatoms. The van der Waals surface area contributed by atoms with Crippen LogP contribution in [0.2, 0.25) is 0 Å². The van der Waals surface area contributed by atoms with Crippen molar-refractivity contribution in [2.45, 2.75) is 245 Å². The van der Waals surface area contributed by atoms with Crippen LogP contribution in [0.5, 0.6) is 0 Å². The number of carbonyl (C=O) groups is 2. The van der Waals surface area contributed by atoms with Gasteiger partial charge in [0.15, 0.2) is 0 Å². The van der Waals surface area contributed by atoms with E-state index in [4.69, 9.17) is 0 Å². The summed E-state index contributed by atoms with van der Waals surface area (Å²) in [7, 11) is 0. The van der Waals surface area contributed by atoms with Gasteiger partial charge in [-0.1, -0.05) is 219 Å². The fourth-order valence-corrected chi connectivity index (χ4v) is 5.99. The average molecular weight is 701 g/mol. The van der Waals surface area contributed by atoms with Crippen molar-refractivity contribution in [2.24, 2.45) is 0 Å². The van der Waals surface area contributed by atoms with Gasteiger partial charge in [-0.05, 0) is 25.7 Å². The Morgan fingerprint density at radius 3 is 0.543 bits per heavy atom. The molecular weight excluding hydrogens is 623 g/mol. The summed E-state index contributed by atoms with van der Waals surface area (Å²) < 4.78 is 0. The van der Waals surface area contributed by atoms with Gasteiger partial charge in [-0.2, -0.15) is 0 Å². The van der Waals surface area contributed by atoms with Crippen LogP contribution in [-0.2, 0) is 9.59 Å². The molecule has 0 radical (unpaired) electrons. The Hall–Kier alpha value is 2.21. The third-order valence-electron chi connectivity index (χ3n) is 8.97. The van der Waals surface area contributed by atoms with Crippen molar-refractivity contribution in [2.75, 3.05) is 0 Å². The van der Waals surface area contributed by atoms with Crippen LogP contribution in [0.1, 0.15) is 245 Å². The topological polar surface area (TPSA) is 80.3 Å². The van der Waals surface area contributed by atoms with Gasteiger partial charge in [0.1, 0.15) is 0 Å². The van der Waals surface area contributed by atoms with Crippen molar-refractivity contribution in [3.8, 4) is 0 Å². The van der Waals surface area contributed by atoms with Crippen LogP contribution in [0.25, 0.3) is 0 Å². The average Bonchev–Trinajstić information content (AvgIpc) is 3.00. The van der Waals surface area contributed by atoms with Gasteiger partial charge in [-0.15, -0.1) is 0 Å². The van der Waals surface area contributed by atoms with Crippen molar-refractivity contribution >= 4 is 11.9 Å². The van der Waals surface area contributed by atoms with E-state index in [9.17, 15) is 19.8 Å². The summed E-state index contributed by atoms with van der Waals surface area (Å²) >= 11 is 0. The molecule has 0 aromatic carbocycles. The standard InChI is InChI=1S/2C20H40O2.2K/c2*1-2-3-4-5-6-7-8-9-10-11-12-13-14-15-16-17-18-19-20(21)22;;/h2*2-19H2,1H3,(H,21,22);;/q;;2*+1/p-2. The first-order valence-corrected chi connectivity index (χ1v) is 19.9. The van der Waals surface area contributed by atoms with Gasteiger partial charge in [0, 0.05) is 11.9 Å². The summed E-state index contributed by atoms with van der Waals surface area (Å²) in [5.74, 6) is -1.80. The number of rotatable bonds is 36. The van der Waals surface area contributed by atoms with E-state index in [1.807, 2.05) is 0 Å². The zero-order valence-electron chi connectivity index (χ0n) is 32.1. The second kappa shape index (κ2) is 51.6. The van der Waals surface area contributed by atoms with Crippen LogP contribution < -0.4 is 113 Å². The predicted molar refractivity (Wildman–Crippen MR) is 188 cm³/mol. The number of carboxylic acids is 2. The normalized spacial score (nSPS) is 10.5. The van der Waals surface area contributed by atoms with Gasteiger partial charge in [-0.25, -0.2) is 0 Å². The summed E-state index contributed by atoms with van der Waals surface area (Å²) in [5, 5.41) is 20.5. The smallest absolute Gasteiger partial charge is 0.550 e. The van der Waals surface area contributed by atoms with Gasteiger partial charge in [0.05, 0.1) is 0 Å². The molecule has 0 atom stereocenters. The number of aliphatic carboxylic acids is 2. The van der Waals surface area contributed by atoms with E-state index in [0.717, 1.165) is 25.7 Å². The second-order valence-corrected chi connectivity index (χ2v) is 13.6. The molecule has 0 saturated carbocycles. The summed E-state index contributed by atoms with van der Waals surface area (Å²) in [6.07, 6.45) is 45.6. The third-order valence-corrected chi connectivity index (χ3v) is 8.97. The van der Waals surface area contributed by atoms with Crippen LogP contribution in [0.15, 0.2) is 0 Å². The Bertz CT molecular complexity index is 511. The zero-order chi connectivity index (χ0) is 32.6. The quantitative estimate of drug-likeness (QED) is 0.0633. The van der Waals surface area contributed by atoms with Crippen LogP contribution in [0.4, 0.5) is 0 Å². The Morgan fingerprint density at radius 2 is 0.413 bits per heavy atom. The number of hydrogen-bond acceptors (Lipinski definition) is 4. The van der Waals surface area contributed by atoms with Crippen LogP contribution in [-0.4, -0.2) is 11.9 Å². The van der Waals surface area contributed by atoms with E-state index < -0.39 is 11.9 Å². The maximum Gasteiger partial charge on any atom is 1.00 e. The first kappa shape index (κ1) is 55.0. The van der Waals surface area contributed by atoms with Crippen molar-refractivity contribution in [3.63, 3.8) is 0 Å². The van der Waals surface area contributed by atoms with E-state index in [0.29, 0.717) is 0 Å². The molecule has 4 nitrogen and oxygen atoms in total. The van der Waals surface area contributed by atoms with Crippen LogP contribution in [0.3, 0.4) is 0 Å². The molecule has 0 amide bonds. The fraction of sp³-hybridized carbons (Fsp3) is 0.950. The minimum Gasteiger partial charge on any atom is -0.550 e. The SMILES string of the molecule is CCCCCCCCCCCCCCCCCCCC(=O)[O-].CCCCCCCCCCCCCCCCCCCC(=O)[O-].[K+].[K+]. The number of hydrogen-bond donors (Lipinski definition) is 0. The number of carboxylic acid groups (broad SMARTS) is 2. The maximum atomic E-state index is 10.2. The molecule has 0 aliphatic rings. The molecule has 0 aliphatic carbocycles. The Kier molecular flexibility index (Phi) is 61.6. The molecule has 0 unspecified atom stereocenters. The third kappa shape index (κ3) is 58.4. The summed E-state index contributed by atoms with van der Waals surface area (Å²) in [4.78, 5) is 20.5. The molecule has 264 valence electrons. The van der Waals surface area contributed by atoms with E-state index >= 15 is 0 Å². The van der Waals surface area contributed by atoms with E-state index in [-0.39, 0.29) is 116 Å². The molecule has 0 bridgehead atoms. The van der Waals surface area contributed by atoms with Gasteiger partial charge in [-0.3, -0.25) is 0 Å². The molecule has 0 rings (SSSR count). The van der Waals surface area contributed by atoms with Gasteiger partial charge in [0.25, 0.3) is 0 Å². The molecule has 0 fully saturated rings. The molecule has 0 heterocycles. The summed E-state index contributed by atoms with van der Waals surface area (Å²) in [5.41, 5.74) is 0. The molecule has 0 aromatic heterocycles. The first-order valence-electron chi connectivity index (χ1n) is 19.9. The van der Waals surface area contributed by atoms with Crippen LogP contribution >= 0.6 is 0 Å². The zero-order valence-corrected chi connectivity index (χ0v) is 38.3. The van der Waals surface area contributed by atoms with Gasteiger partial charge in [0.2, 0.25) is 0 Å². The van der Waals surface area contributed by atoms with Crippen molar-refractivity contribution in [1.82, 2.24) is 0 Å². The largest absolute Gasteiger partial charge is 1.00 e. The van der Waals surface area contributed by atoms with Crippen molar-refractivity contribution in [1.29, 1.82) is 0 Å². The summed E-state index contributed by atoms with van der Waals surface area (Å²) in [6.45, 7) is 4.55. The van der Waals surface area contributed by atoms with Gasteiger partial charge < -0.3 is 19.8 Å². The monoisotopic (exact) mass is 701 g/mol. The van der Waals surface area contributed by atoms with Gasteiger partial charge >= 0.3 is 103 Å². The summed E-state index contributed by atoms with van der Waals surface area (Å²) in [6, 6.07) is 0. The minimum absolute atomic E-state index is 0. The maximum absolute atomic E-state index is 10.2. The van der Waals surface area contributed by atoms with E-state index in [1.165, 1.54) is 193 Å².